The van der Waals surface area contributed by atoms with Gasteiger partial charge in [-0.05, 0) is 38.8 Å². The Morgan fingerprint density at radius 3 is 1.91 bits per heavy atom. The van der Waals surface area contributed by atoms with E-state index < -0.39 is 29.4 Å². The van der Waals surface area contributed by atoms with Gasteiger partial charge in [0, 0.05) is 19.6 Å². The third-order valence-corrected chi connectivity index (χ3v) is 5.55. The predicted molar refractivity (Wildman–Crippen MR) is 121 cm³/mol. The summed E-state index contributed by atoms with van der Waals surface area (Å²) in [6, 6.07) is 19.6. The van der Waals surface area contributed by atoms with Crippen molar-refractivity contribution >= 4 is 12.1 Å². The third kappa shape index (κ3) is 5.87. The maximum Gasteiger partial charge on any atom is 0.413 e. The van der Waals surface area contributed by atoms with E-state index in [-0.39, 0.29) is 6.54 Å². The average molecular weight is 441 g/mol. The summed E-state index contributed by atoms with van der Waals surface area (Å²) in [5, 5.41) is 9.85. The van der Waals surface area contributed by atoms with Gasteiger partial charge in [0.25, 0.3) is 0 Å². The third-order valence-electron chi connectivity index (χ3n) is 5.55. The topological polar surface area (TPSA) is 79.3 Å². The van der Waals surface area contributed by atoms with Gasteiger partial charge in [0.15, 0.2) is 0 Å². The summed E-state index contributed by atoms with van der Waals surface area (Å²) in [6.07, 6.45) is -2.01. The quantitative estimate of drug-likeness (QED) is 0.665. The molecule has 7 heteroatoms. The monoisotopic (exact) mass is 440 g/mol. The summed E-state index contributed by atoms with van der Waals surface area (Å²) in [7, 11) is 0. The maximum atomic E-state index is 13.0. The van der Waals surface area contributed by atoms with Crippen molar-refractivity contribution in [1.82, 2.24) is 9.80 Å². The lowest BCUT2D eigenvalue weighted by Crippen LogP contribution is -2.54. The second kappa shape index (κ2) is 9.71. The second-order valence-electron chi connectivity index (χ2n) is 9.23. The first-order chi connectivity index (χ1) is 15.1. The Labute approximate surface area is 189 Å². The van der Waals surface area contributed by atoms with Crippen molar-refractivity contribution < 1.29 is 24.2 Å². The van der Waals surface area contributed by atoms with Gasteiger partial charge in [-0.2, -0.15) is 0 Å². The first-order valence-corrected chi connectivity index (χ1v) is 10.8. The fraction of sp³-hybridized carbons (Fsp3) is 0.440. The molecule has 2 aromatic rings. The van der Waals surface area contributed by atoms with Crippen LogP contribution in [0, 0.1) is 0 Å². The molecule has 32 heavy (non-hydrogen) atoms. The second-order valence-corrected chi connectivity index (χ2v) is 9.23. The zero-order valence-electron chi connectivity index (χ0n) is 19.2. The number of hydrogen-bond acceptors (Lipinski definition) is 5. The smallest absolute Gasteiger partial charge is 0.413 e. The number of benzene rings is 2. The Bertz CT molecular complexity index is 857. The molecule has 0 saturated carbocycles. The van der Waals surface area contributed by atoms with E-state index in [0.29, 0.717) is 19.7 Å². The number of nitrogens with zero attached hydrogens (tertiary/aromatic N) is 2. The molecule has 0 spiro atoms. The number of carboxylic acids is 1. The molecule has 0 radical (unpaired) electrons. The minimum absolute atomic E-state index is 0.0560. The SMILES string of the molecule is CC1(C)COC(C)(C)N1C(=O)O[C@H](CN(Cc1ccccc1)Cc1ccccc1)C(=O)O. The van der Waals surface area contributed by atoms with E-state index >= 15 is 0 Å². The lowest BCUT2D eigenvalue weighted by molar-refractivity contribution is -0.150. The normalized spacial score (nSPS) is 17.8. The molecular weight excluding hydrogens is 408 g/mol. The van der Waals surface area contributed by atoms with Gasteiger partial charge < -0.3 is 14.6 Å². The van der Waals surface area contributed by atoms with Gasteiger partial charge in [-0.1, -0.05) is 60.7 Å². The maximum absolute atomic E-state index is 13.0. The molecule has 0 aliphatic carbocycles. The molecule has 0 bridgehead atoms. The molecule has 1 N–H and O–H groups in total. The van der Waals surface area contributed by atoms with Crippen molar-refractivity contribution in [2.75, 3.05) is 13.2 Å². The van der Waals surface area contributed by atoms with Crippen LogP contribution < -0.4 is 0 Å². The number of carboxylic acid groups (broad SMARTS) is 1. The Hall–Kier alpha value is -2.90. The first kappa shape index (κ1) is 23.8. The van der Waals surface area contributed by atoms with Crippen molar-refractivity contribution in [3.8, 4) is 0 Å². The van der Waals surface area contributed by atoms with Crippen molar-refractivity contribution in [1.29, 1.82) is 0 Å². The molecule has 7 nitrogen and oxygen atoms in total. The summed E-state index contributed by atoms with van der Waals surface area (Å²) < 4.78 is 11.3. The molecule has 1 aliphatic heterocycles. The highest BCUT2D eigenvalue weighted by Gasteiger charge is 2.50. The molecule has 1 aliphatic rings. The van der Waals surface area contributed by atoms with Gasteiger partial charge >= 0.3 is 12.1 Å². The van der Waals surface area contributed by atoms with Gasteiger partial charge in [-0.25, -0.2) is 9.59 Å². The van der Waals surface area contributed by atoms with E-state index in [2.05, 4.69) is 0 Å². The minimum atomic E-state index is -1.32. The summed E-state index contributed by atoms with van der Waals surface area (Å²) >= 11 is 0. The molecule has 1 saturated heterocycles. The number of aliphatic carboxylic acids is 1. The number of hydrogen-bond donors (Lipinski definition) is 1. The van der Waals surface area contributed by atoms with Crippen LogP contribution in [-0.2, 0) is 27.4 Å². The Kier molecular flexibility index (Phi) is 7.21. The summed E-state index contributed by atoms with van der Waals surface area (Å²) in [5.41, 5.74) is 0.623. The largest absolute Gasteiger partial charge is 0.478 e. The van der Waals surface area contributed by atoms with Gasteiger partial charge in [0.1, 0.15) is 5.72 Å². The standard InChI is InChI=1S/C25H32N2O5/c1-24(2)18-31-25(3,4)27(24)23(30)32-21(22(28)29)17-26(15-19-11-7-5-8-12-19)16-20-13-9-6-10-14-20/h5-14,21H,15-18H2,1-4H3,(H,28,29)/t21-/m1/s1. The van der Waals surface area contributed by atoms with Crippen LogP contribution in [0.3, 0.4) is 0 Å². The molecular formula is C25H32N2O5. The molecule has 0 aromatic heterocycles. The van der Waals surface area contributed by atoms with Crippen LogP contribution in [0.5, 0.6) is 0 Å². The van der Waals surface area contributed by atoms with Gasteiger partial charge in [-0.3, -0.25) is 9.80 Å². The van der Waals surface area contributed by atoms with E-state index in [4.69, 9.17) is 9.47 Å². The lowest BCUT2D eigenvalue weighted by Gasteiger charge is -2.37. The van der Waals surface area contributed by atoms with Crippen LogP contribution in [0.15, 0.2) is 60.7 Å². The molecule has 1 amide bonds. The number of amides is 1. The van der Waals surface area contributed by atoms with Crippen LogP contribution in [-0.4, -0.2) is 57.5 Å². The highest BCUT2D eigenvalue weighted by atomic mass is 16.6. The summed E-state index contributed by atoms with van der Waals surface area (Å²) in [4.78, 5) is 28.6. The summed E-state index contributed by atoms with van der Waals surface area (Å²) in [5.74, 6) is -1.18. The fourth-order valence-corrected chi connectivity index (χ4v) is 4.12. The lowest BCUT2D eigenvalue weighted by atomic mass is 10.0. The number of carbonyl (C=O) groups is 2. The summed E-state index contributed by atoms with van der Waals surface area (Å²) in [6.45, 7) is 8.75. The zero-order chi connectivity index (χ0) is 23.4. The van der Waals surface area contributed by atoms with Crippen molar-refractivity contribution in [2.45, 2.75) is 58.2 Å². The molecule has 3 rings (SSSR count). The Balaban J connectivity index is 1.78. The highest BCUT2D eigenvalue weighted by Crippen LogP contribution is 2.35. The Morgan fingerprint density at radius 2 is 1.50 bits per heavy atom. The van der Waals surface area contributed by atoms with E-state index in [1.165, 1.54) is 4.90 Å². The van der Waals surface area contributed by atoms with E-state index in [0.717, 1.165) is 11.1 Å². The molecule has 0 unspecified atom stereocenters. The van der Waals surface area contributed by atoms with E-state index in [1.54, 1.807) is 13.8 Å². The number of ether oxygens (including phenoxy) is 2. The van der Waals surface area contributed by atoms with Crippen molar-refractivity contribution in [3.63, 3.8) is 0 Å². The van der Waals surface area contributed by atoms with Crippen LogP contribution >= 0.6 is 0 Å². The fourth-order valence-electron chi connectivity index (χ4n) is 4.12. The number of rotatable bonds is 8. The van der Waals surface area contributed by atoms with Gasteiger partial charge in [0.2, 0.25) is 6.10 Å². The van der Waals surface area contributed by atoms with Crippen molar-refractivity contribution in [3.05, 3.63) is 71.8 Å². The number of carbonyl (C=O) groups excluding carboxylic acids is 1. The zero-order valence-corrected chi connectivity index (χ0v) is 19.2. The average Bonchev–Trinajstić information content (AvgIpc) is 2.96. The van der Waals surface area contributed by atoms with Crippen LogP contribution in [0.25, 0.3) is 0 Å². The van der Waals surface area contributed by atoms with E-state index in [1.807, 2.05) is 79.4 Å². The molecule has 172 valence electrons. The predicted octanol–water partition coefficient (Wildman–Crippen LogP) is 4.13. The molecule has 2 aromatic carbocycles. The van der Waals surface area contributed by atoms with E-state index in [9.17, 15) is 14.7 Å². The van der Waals surface area contributed by atoms with Crippen molar-refractivity contribution in [2.24, 2.45) is 0 Å². The van der Waals surface area contributed by atoms with Crippen LogP contribution in [0.4, 0.5) is 4.79 Å². The van der Waals surface area contributed by atoms with Crippen LogP contribution in [0.1, 0.15) is 38.8 Å². The Morgan fingerprint density at radius 1 is 1.00 bits per heavy atom. The van der Waals surface area contributed by atoms with Gasteiger partial charge in [-0.15, -0.1) is 0 Å². The highest BCUT2D eigenvalue weighted by molar-refractivity contribution is 5.78. The molecule has 1 atom stereocenters. The minimum Gasteiger partial charge on any atom is -0.478 e. The van der Waals surface area contributed by atoms with Crippen LogP contribution in [0.2, 0.25) is 0 Å². The van der Waals surface area contributed by atoms with Gasteiger partial charge in [0.05, 0.1) is 12.1 Å². The molecule has 1 fully saturated rings. The first-order valence-electron chi connectivity index (χ1n) is 10.8. The molecule has 1 heterocycles.